The quantitative estimate of drug-likeness (QED) is 0.159. The molecule has 4 aliphatic rings. The van der Waals surface area contributed by atoms with Crippen molar-refractivity contribution in [2.45, 2.75) is 124 Å². The van der Waals surface area contributed by atoms with E-state index in [1.807, 2.05) is 0 Å². The Labute approximate surface area is 459 Å². The van der Waals surface area contributed by atoms with Gasteiger partial charge in [-0.25, -0.2) is 0 Å². The second-order valence-electron chi connectivity index (χ2n) is 26.8. The molecule has 3 nitrogen and oxygen atoms in total. The molecule has 0 aromatic heterocycles. The average molecular weight is 1000 g/mol. The maximum Gasteiger partial charge on any atom is 0.252 e. The standard InChI is InChI=1S/C73H72BN3/c1-45-39-66-68-67(40-45)77(52-35-37-56-54-19-15-17-21-58(54)72(11,12)60(56)41-52)65-44-61-57(55-20-16-18-22-59(55)73(61,13)14)43-63(65)74(68)62-38-36-53(42-64(62)76(66)51-33-27-48(28-34-51)71(8,9)10)75(49-29-23-46(24-30-49)69(2,3)4)50-31-25-47(26-32-50)70(5,6)7/h15-44H,1-14H3. The summed E-state index contributed by atoms with van der Waals surface area (Å²) in [5, 5.41) is 0. The Morgan fingerprint density at radius 1 is 0.364 bits per heavy atom. The van der Waals surface area contributed by atoms with Crippen molar-refractivity contribution in [3.8, 4) is 22.3 Å². The first-order valence-electron chi connectivity index (χ1n) is 28.0. The van der Waals surface area contributed by atoms with Crippen molar-refractivity contribution < 1.29 is 0 Å². The van der Waals surface area contributed by atoms with Crippen molar-refractivity contribution in [2.24, 2.45) is 0 Å². The minimum absolute atomic E-state index is 0.00806. The second kappa shape index (κ2) is 16.7. The van der Waals surface area contributed by atoms with Crippen LogP contribution in [-0.4, -0.2) is 6.71 Å². The van der Waals surface area contributed by atoms with Gasteiger partial charge < -0.3 is 14.7 Å². The summed E-state index contributed by atoms with van der Waals surface area (Å²) in [4.78, 5) is 7.70. The number of hydrogen-bond donors (Lipinski definition) is 0. The number of rotatable bonds is 5. The summed E-state index contributed by atoms with van der Waals surface area (Å²) in [7, 11) is 0. The maximum atomic E-state index is 2.64. The van der Waals surface area contributed by atoms with Crippen LogP contribution in [0.25, 0.3) is 22.3 Å². The molecule has 0 spiro atoms. The molecular weight excluding hydrogens is 930 g/mol. The smallest absolute Gasteiger partial charge is 0.252 e. The van der Waals surface area contributed by atoms with Gasteiger partial charge in [0.05, 0.1) is 0 Å². The molecule has 0 atom stereocenters. The van der Waals surface area contributed by atoms with Crippen LogP contribution in [0.15, 0.2) is 182 Å². The summed E-state index contributed by atoms with van der Waals surface area (Å²) >= 11 is 0. The summed E-state index contributed by atoms with van der Waals surface area (Å²) < 4.78 is 0. The predicted octanol–water partition coefficient (Wildman–Crippen LogP) is 18.1. The minimum atomic E-state index is -0.179. The fourth-order valence-corrected chi connectivity index (χ4v) is 13.6. The maximum absolute atomic E-state index is 2.64. The number of fused-ring (bicyclic) bond motifs is 10. The number of aryl methyl sites for hydroxylation is 1. The van der Waals surface area contributed by atoms with E-state index in [1.54, 1.807) is 0 Å². The van der Waals surface area contributed by atoms with Gasteiger partial charge in [0, 0.05) is 62.0 Å². The highest BCUT2D eigenvalue weighted by Gasteiger charge is 2.47. The molecule has 0 unspecified atom stereocenters. The Kier molecular flexibility index (Phi) is 10.7. The van der Waals surface area contributed by atoms with Gasteiger partial charge in [-0.15, -0.1) is 0 Å². The summed E-state index contributed by atoms with van der Waals surface area (Å²) in [5.41, 5.74) is 30.4. The van der Waals surface area contributed by atoms with E-state index in [9.17, 15) is 0 Å². The SMILES string of the molecule is Cc1cc2c3c(c1)N(c1ccc4c(c1)C(C)(C)c1ccccc1-4)c1cc4c(cc1B3c1ccc(N(c3ccc(C(C)(C)C)cc3)c3ccc(C(C)(C)C)cc3)cc1N2c1ccc(C(C)(C)C)cc1)-c1ccccc1C4(C)C. The van der Waals surface area contributed by atoms with Crippen LogP contribution in [-0.2, 0) is 27.1 Å². The van der Waals surface area contributed by atoms with E-state index in [0.717, 1.165) is 22.7 Å². The lowest BCUT2D eigenvalue weighted by Gasteiger charge is -2.45. The summed E-state index contributed by atoms with van der Waals surface area (Å²) in [6.07, 6.45) is 0. The van der Waals surface area contributed by atoms with Crippen LogP contribution in [0.4, 0.5) is 51.2 Å². The van der Waals surface area contributed by atoms with E-state index < -0.39 is 0 Å². The van der Waals surface area contributed by atoms with Crippen molar-refractivity contribution >= 4 is 74.3 Å². The molecule has 4 heteroatoms. The van der Waals surface area contributed by atoms with E-state index in [4.69, 9.17) is 0 Å². The molecule has 9 aromatic rings. The fraction of sp³-hybridized carbons (Fsp3) is 0.260. The minimum Gasteiger partial charge on any atom is -0.311 e. The third-order valence-corrected chi connectivity index (χ3v) is 18.0. The van der Waals surface area contributed by atoms with Gasteiger partial charge in [-0.2, -0.15) is 0 Å². The Balaban J connectivity index is 1.09. The van der Waals surface area contributed by atoms with Crippen LogP contribution < -0.4 is 31.1 Å². The molecule has 9 aromatic carbocycles. The monoisotopic (exact) mass is 1000 g/mol. The number of hydrogen-bond acceptors (Lipinski definition) is 3. The Bertz CT molecular complexity index is 3820. The molecule has 0 bridgehead atoms. The number of benzene rings is 9. The Morgan fingerprint density at radius 2 is 0.792 bits per heavy atom. The molecule has 0 radical (unpaired) electrons. The van der Waals surface area contributed by atoms with E-state index in [-0.39, 0.29) is 33.8 Å². The van der Waals surface area contributed by atoms with Gasteiger partial charge in [-0.1, -0.05) is 193 Å². The van der Waals surface area contributed by atoms with Crippen LogP contribution in [0, 0.1) is 6.92 Å². The molecule has 2 heterocycles. The molecule has 0 saturated carbocycles. The van der Waals surface area contributed by atoms with Gasteiger partial charge in [0.15, 0.2) is 0 Å². The highest BCUT2D eigenvalue weighted by molar-refractivity contribution is 7.00. The summed E-state index contributed by atoms with van der Waals surface area (Å²) in [6.45, 7) is 32.6. The lowest BCUT2D eigenvalue weighted by Crippen LogP contribution is -2.61. The third-order valence-electron chi connectivity index (χ3n) is 18.0. The third kappa shape index (κ3) is 7.52. The first-order chi connectivity index (χ1) is 36.5. The van der Waals surface area contributed by atoms with Crippen molar-refractivity contribution in [3.05, 3.63) is 226 Å². The first-order valence-corrected chi connectivity index (χ1v) is 28.0. The topological polar surface area (TPSA) is 9.72 Å². The van der Waals surface area contributed by atoms with Crippen molar-refractivity contribution in [2.75, 3.05) is 14.7 Å². The molecule has 13 rings (SSSR count). The van der Waals surface area contributed by atoms with E-state index in [1.165, 1.54) is 112 Å². The summed E-state index contributed by atoms with van der Waals surface area (Å²) in [6, 6.07) is 70.9. The zero-order valence-corrected chi connectivity index (χ0v) is 47.7. The van der Waals surface area contributed by atoms with Gasteiger partial charge in [0.2, 0.25) is 0 Å². The van der Waals surface area contributed by atoms with Crippen LogP contribution in [0.3, 0.4) is 0 Å². The Morgan fingerprint density at radius 3 is 1.32 bits per heavy atom. The zero-order valence-electron chi connectivity index (χ0n) is 47.7. The first kappa shape index (κ1) is 49.0. The lowest BCUT2D eigenvalue weighted by molar-refractivity contribution is 0.590. The molecule has 2 aliphatic carbocycles. The van der Waals surface area contributed by atoms with Gasteiger partial charge in [-0.3, -0.25) is 0 Å². The molecule has 0 N–H and O–H groups in total. The highest BCUT2D eigenvalue weighted by atomic mass is 15.2. The fourth-order valence-electron chi connectivity index (χ4n) is 13.6. The normalized spacial score (nSPS) is 15.3. The highest BCUT2D eigenvalue weighted by Crippen LogP contribution is 2.55. The van der Waals surface area contributed by atoms with Gasteiger partial charge in [0.25, 0.3) is 6.71 Å². The molecule has 0 amide bonds. The van der Waals surface area contributed by atoms with Crippen LogP contribution >= 0.6 is 0 Å². The second-order valence-corrected chi connectivity index (χ2v) is 26.8. The van der Waals surface area contributed by atoms with Gasteiger partial charge >= 0.3 is 0 Å². The lowest BCUT2D eigenvalue weighted by atomic mass is 9.33. The number of nitrogens with zero attached hydrogens (tertiary/aromatic N) is 3. The van der Waals surface area contributed by atoms with Gasteiger partial charge in [-0.05, 0) is 185 Å². The molecule has 77 heavy (non-hydrogen) atoms. The summed E-state index contributed by atoms with van der Waals surface area (Å²) in [5.74, 6) is 0. The van der Waals surface area contributed by atoms with Crippen molar-refractivity contribution in [3.63, 3.8) is 0 Å². The van der Waals surface area contributed by atoms with E-state index in [2.05, 4.69) is 294 Å². The largest absolute Gasteiger partial charge is 0.311 e. The van der Waals surface area contributed by atoms with Gasteiger partial charge in [0.1, 0.15) is 0 Å². The van der Waals surface area contributed by atoms with Crippen LogP contribution in [0.1, 0.15) is 135 Å². The average Bonchev–Trinajstić information content (AvgIpc) is 4.04. The Hall–Kier alpha value is -7.56. The molecule has 0 fully saturated rings. The van der Waals surface area contributed by atoms with E-state index >= 15 is 0 Å². The van der Waals surface area contributed by atoms with Crippen LogP contribution in [0.5, 0.6) is 0 Å². The molecule has 0 saturated heterocycles. The van der Waals surface area contributed by atoms with Crippen molar-refractivity contribution in [1.29, 1.82) is 0 Å². The predicted molar refractivity (Wildman–Crippen MR) is 331 cm³/mol. The van der Waals surface area contributed by atoms with Crippen molar-refractivity contribution in [1.82, 2.24) is 0 Å². The van der Waals surface area contributed by atoms with E-state index in [0.29, 0.717) is 0 Å². The number of anilines is 9. The van der Waals surface area contributed by atoms with Crippen LogP contribution in [0.2, 0.25) is 0 Å². The zero-order chi connectivity index (χ0) is 53.9. The molecule has 2 aliphatic heterocycles. The molecule has 382 valence electrons. The molecular formula is C73H72BN3.